The van der Waals surface area contributed by atoms with Crippen molar-refractivity contribution < 1.29 is 14.3 Å². The fourth-order valence-corrected chi connectivity index (χ4v) is 2.56. The van der Waals surface area contributed by atoms with Gasteiger partial charge in [-0.1, -0.05) is 42.5 Å². The van der Waals surface area contributed by atoms with Crippen molar-refractivity contribution >= 4 is 23.2 Å². The number of carbonyl (C=O) groups is 2. The summed E-state index contributed by atoms with van der Waals surface area (Å²) in [6, 6.07) is 23.9. The summed E-state index contributed by atoms with van der Waals surface area (Å²) in [5.41, 5.74) is 2.16. The molecule has 0 aliphatic heterocycles. The molecule has 0 aliphatic carbocycles. The molecule has 0 atom stereocenters. The maximum atomic E-state index is 12.4. The number of anilines is 2. The Hall–Kier alpha value is -3.60. The topological polar surface area (TPSA) is 67.4 Å². The fraction of sp³-hybridized carbons (Fsp3) is 0.0909. The summed E-state index contributed by atoms with van der Waals surface area (Å²) in [5.74, 6) is 1.01. The molecule has 27 heavy (non-hydrogen) atoms. The summed E-state index contributed by atoms with van der Waals surface area (Å²) in [5, 5.41) is 5.59. The van der Waals surface area contributed by atoms with Gasteiger partial charge in [-0.15, -0.1) is 0 Å². The second-order valence-electron chi connectivity index (χ2n) is 6.01. The summed E-state index contributed by atoms with van der Waals surface area (Å²) >= 11 is 0. The van der Waals surface area contributed by atoms with Gasteiger partial charge in [-0.25, -0.2) is 0 Å². The molecule has 3 aromatic rings. The van der Waals surface area contributed by atoms with Crippen molar-refractivity contribution in [1.82, 2.24) is 0 Å². The normalized spacial score (nSPS) is 10.1. The molecule has 0 bridgehead atoms. The molecule has 0 fully saturated rings. The third-order valence-electron chi connectivity index (χ3n) is 3.77. The monoisotopic (exact) mass is 360 g/mol. The van der Waals surface area contributed by atoms with Crippen molar-refractivity contribution in [2.75, 3.05) is 10.6 Å². The number of carbonyl (C=O) groups excluding carboxylic acids is 2. The molecule has 3 rings (SSSR count). The third kappa shape index (κ3) is 5.44. The van der Waals surface area contributed by atoms with Crippen LogP contribution in [0.3, 0.4) is 0 Å². The first-order chi connectivity index (χ1) is 13.1. The summed E-state index contributed by atoms with van der Waals surface area (Å²) in [4.78, 5) is 23.5. The molecular weight excluding hydrogens is 340 g/mol. The highest BCUT2D eigenvalue weighted by atomic mass is 16.5. The van der Waals surface area contributed by atoms with Gasteiger partial charge in [0.05, 0.1) is 12.1 Å². The van der Waals surface area contributed by atoms with E-state index in [0.29, 0.717) is 22.9 Å². The molecule has 0 aliphatic rings. The molecule has 136 valence electrons. The number of para-hydroxylation sites is 3. The number of hydrogen-bond donors (Lipinski definition) is 2. The maximum absolute atomic E-state index is 12.4. The highest BCUT2D eigenvalue weighted by Gasteiger charge is 2.09. The Bertz CT molecular complexity index is 922. The average molecular weight is 360 g/mol. The van der Waals surface area contributed by atoms with Crippen LogP contribution >= 0.6 is 0 Å². The van der Waals surface area contributed by atoms with E-state index in [1.54, 1.807) is 18.2 Å². The third-order valence-corrected chi connectivity index (χ3v) is 3.77. The lowest BCUT2D eigenvalue weighted by molar-refractivity contribution is -0.116. The molecule has 5 nitrogen and oxygen atoms in total. The van der Waals surface area contributed by atoms with Gasteiger partial charge in [-0.3, -0.25) is 9.59 Å². The number of rotatable bonds is 6. The Morgan fingerprint density at radius 2 is 1.48 bits per heavy atom. The minimum absolute atomic E-state index is 0.129. The molecule has 2 amide bonds. The van der Waals surface area contributed by atoms with Gasteiger partial charge < -0.3 is 15.4 Å². The van der Waals surface area contributed by atoms with Crippen molar-refractivity contribution in [3.05, 3.63) is 84.4 Å². The molecule has 2 N–H and O–H groups in total. The van der Waals surface area contributed by atoms with Gasteiger partial charge in [0, 0.05) is 12.6 Å². The first-order valence-electron chi connectivity index (χ1n) is 8.58. The summed E-state index contributed by atoms with van der Waals surface area (Å²) in [7, 11) is 0. The van der Waals surface area contributed by atoms with Gasteiger partial charge >= 0.3 is 0 Å². The van der Waals surface area contributed by atoms with Crippen LogP contribution in [0.15, 0.2) is 78.9 Å². The van der Waals surface area contributed by atoms with E-state index in [-0.39, 0.29) is 18.2 Å². The number of amides is 2. The van der Waals surface area contributed by atoms with Gasteiger partial charge in [0.15, 0.2) is 5.75 Å². The average Bonchev–Trinajstić information content (AvgIpc) is 2.65. The Morgan fingerprint density at radius 1 is 0.815 bits per heavy atom. The lowest BCUT2D eigenvalue weighted by Gasteiger charge is -2.12. The second kappa shape index (κ2) is 8.67. The number of benzene rings is 3. The van der Waals surface area contributed by atoms with Crippen LogP contribution in [0.5, 0.6) is 11.5 Å². The van der Waals surface area contributed by atoms with Crippen molar-refractivity contribution in [1.29, 1.82) is 0 Å². The van der Waals surface area contributed by atoms with Gasteiger partial charge in [0.25, 0.3) is 0 Å². The van der Waals surface area contributed by atoms with Crippen LogP contribution in [-0.4, -0.2) is 11.8 Å². The maximum Gasteiger partial charge on any atom is 0.228 e. The zero-order valence-electron chi connectivity index (χ0n) is 14.9. The lowest BCUT2D eigenvalue weighted by Crippen LogP contribution is -2.15. The minimum atomic E-state index is -0.147. The van der Waals surface area contributed by atoms with Crippen LogP contribution in [0.25, 0.3) is 0 Å². The largest absolute Gasteiger partial charge is 0.455 e. The van der Waals surface area contributed by atoms with Crippen molar-refractivity contribution in [2.45, 2.75) is 13.3 Å². The standard InChI is InChI=1S/C22H20N2O3/c1-16(25)23-18-13-11-17(12-14-18)15-22(26)24-20-9-5-6-10-21(20)27-19-7-3-2-4-8-19/h2-14H,15H2,1H3,(H,23,25)(H,24,26). The Kier molecular flexibility index (Phi) is 5.84. The molecule has 0 unspecified atom stereocenters. The predicted molar refractivity (Wildman–Crippen MR) is 106 cm³/mol. The van der Waals surface area contributed by atoms with Crippen LogP contribution in [0, 0.1) is 0 Å². The Morgan fingerprint density at radius 3 is 2.19 bits per heavy atom. The van der Waals surface area contributed by atoms with Crippen LogP contribution < -0.4 is 15.4 Å². The molecular formula is C22H20N2O3. The quantitative estimate of drug-likeness (QED) is 0.674. The van der Waals surface area contributed by atoms with Gasteiger partial charge in [-0.2, -0.15) is 0 Å². The van der Waals surface area contributed by atoms with E-state index in [4.69, 9.17) is 4.74 Å². The second-order valence-corrected chi connectivity index (χ2v) is 6.01. The summed E-state index contributed by atoms with van der Waals surface area (Å²) < 4.78 is 5.86. The predicted octanol–water partition coefficient (Wildman–Crippen LogP) is 4.62. The number of hydrogen-bond acceptors (Lipinski definition) is 3. The van der Waals surface area contributed by atoms with Crippen LogP contribution in [-0.2, 0) is 16.0 Å². The van der Waals surface area contributed by atoms with E-state index < -0.39 is 0 Å². The van der Waals surface area contributed by atoms with Crippen molar-refractivity contribution in [3.8, 4) is 11.5 Å². The van der Waals surface area contributed by atoms with E-state index in [1.807, 2.05) is 60.7 Å². The minimum Gasteiger partial charge on any atom is -0.455 e. The SMILES string of the molecule is CC(=O)Nc1ccc(CC(=O)Nc2ccccc2Oc2ccccc2)cc1. The molecule has 5 heteroatoms. The molecule has 0 spiro atoms. The number of ether oxygens (including phenoxy) is 1. The first kappa shape index (κ1) is 18.2. The van der Waals surface area contributed by atoms with E-state index in [0.717, 1.165) is 5.56 Å². The van der Waals surface area contributed by atoms with Gasteiger partial charge in [-0.05, 0) is 42.0 Å². The van der Waals surface area contributed by atoms with E-state index in [1.165, 1.54) is 6.92 Å². The van der Waals surface area contributed by atoms with Gasteiger partial charge in [0.1, 0.15) is 5.75 Å². The van der Waals surface area contributed by atoms with Crippen molar-refractivity contribution in [2.24, 2.45) is 0 Å². The fourth-order valence-electron chi connectivity index (χ4n) is 2.56. The highest BCUT2D eigenvalue weighted by Crippen LogP contribution is 2.29. The van der Waals surface area contributed by atoms with E-state index in [2.05, 4.69) is 10.6 Å². The molecule has 0 radical (unpaired) electrons. The Balaban J connectivity index is 1.65. The molecule has 0 heterocycles. The van der Waals surface area contributed by atoms with Crippen LogP contribution in [0.2, 0.25) is 0 Å². The van der Waals surface area contributed by atoms with Gasteiger partial charge in [0.2, 0.25) is 11.8 Å². The van der Waals surface area contributed by atoms with E-state index in [9.17, 15) is 9.59 Å². The summed E-state index contributed by atoms with van der Waals surface area (Å²) in [6.07, 6.45) is 0.222. The van der Waals surface area contributed by atoms with Crippen LogP contribution in [0.4, 0.5) is 11.4 Å². The zero-order chi connectivity index (χ0) is 19.1. The van der Waals surface area contributed by atoms with Crippen molar-refractivity contribution in [3.63, 3.8) is 0 Å². The summed E-state index contributed by atoms with van der Waals surface area (Å²) in [6.45, 7) is 1.45. The molecule has 0 aromatic heterocycles. The Labute approximate surface area is 158 Å². The smallest absolute Gasteiger partial charge is 0.228 e. The van der Waals surface area contributed by atoms with E-state index >= 15 is 0 Å². The molecule has 0 saturated heterocycles. The van der Waals surface area contributed by atoms with Crippen LogP contribution in [0.1, 0.15) is 12.5 Å². The lowest BCUT2D eigenvalue weighted by atomic mass is 10.1. The number of nitrogens with one attached hydrogen (secondary N) is 2. The molecule has 3 aromatic carbocycles. The molecule has 0 saturated carbocycles. The highest BCUT2D eigenvalue weighted by molar-refractivity contribution is 5.94. The first-order valence-corrected chi connectivity index (χ1v) is 8.58. The zero-order valence-corrected chi connectivity index (χ0v) is 14.9.